The van der Waals surface area contributed by atoms with Crippen LogP contribution < -0.4 is 5.73 Å². The predicted octanol–water partition coefficient (Wildman–Crippen LogP) is 3.35. The predicted molar refractivity (Wildman–Crippen MR) is 85.7 cm³/mol. The molecular weight excluding hydrogens is 316 g/mol. The molecule has 0 saturated carbocycles. The third-order valence-corrected chi connectivity index (χ3v) is 3.66. The van der Waals surface area contributed by atoms with Crippen LogP contribution in [0.1, 0.15) is 15.9 Å². The molecule has 0 saturated heterocycles. The first-order valence-electron chi connectivity index (χ1n) is 6.42. The minimum Gasteiger partial charge on any atom is -0.399 e. The number of hydrogen-bond donors (Lipinski definition) is 1. The average Bonchev–Trinajstić information content (AvgIpc) is 2.45. The van der Waals surface area contributed by atoms with E-state index in [-0.39, 0.29) is 5.91 Å². The molecule has 3 nitrogen and oxygen atoms in total. The standard InChI is InChI=1S/C16H17BrN2O/c1-19(10-9-12-5-7-14(17)8-6-12)16(20)13-3-2-4-15(18)11-13/h2-8,11H,9-10,18H2,1H3. The molecule has 2 aromatic rings. The third-order valence-electron chi connectivity index (χ3n) is 3.13. The molecule has 2 N–H and O–H groups in total. The van der Waals surface area contributed by atoms with Crippen LogP contribution in [0.25, 0.3) is 0 Å². The molecule has 0 unspecified atom stereocenters. The second-order valence-electron chi connectivity index (χ2n) is 4.73. The van der Waals surface area contributed by atoms with Gasteiger partial charge in [0.25, 0.3) is 5.91 Å². The van der Waals surface area contributed by atoms with E-state index in [1.165, 1.54) is 5.56 Å². The molecule has 0 heterocycles. The maximum atomic E-state index is 12.2. The number of halogens is 1. The fourth-order valence-electron chi connectivity index (χ4n) is 1.94. The quantitative estimate of drug-likeness (QED) is 0.873. The van der Waals surface area contributed by atoms with Gasteiger partial charge in [0.15, 0.2) is 0 Å². The van der Waals surface area contributed by atoms with Crippen LogP contribution in [-0.2, 0) is 6.42 Å². The lowest BCUT2D eigenvalue weighted by atomic mass is 10.1. The van der Waals surface area contributed by atoms with Gasteiger partial charge in [-0.25, -0.2) is 0 Å². The van der Waals surface area contributed by atoms with Crippen LogP contribution in [0.4, 0.5) is 5.69 Å². The van der Waals surface area contributed by atoms with Crippen LogP contribution in [0.15, 0.2) is 53.0 Å². The Hall–Kier alpha value is -1.81. The van der Waals surface area contributed by atoms with Gasteiger partial charge in [-0.3, -0.25) is 4.79 Å². The van der Waals surface area contributed by atoms with Crippen LogP contribution in [0.5, 0.6) is 0 Å². The highest BCUT2D eigenvalue weighted by atomic mass is 79.9. The lowest BCUT2D eigenvalue weighted by Crippen LogP contribution is -2.28. The number of nitrogen functional groups attached to an aromatic ring is 1. The Bertz CT molecular complexity index is 596. The van der Waals surface area contributed by atoms with Gasteiger partial charge in [-0.15, -0.1) is 0 Å². The maximum Gasteiger partial charge on any atom is 0.253 e. The number of rotatable bonds is 4. The van der Waals surface area contributed by atoms with E-state index in [0.29, 0.717) is 17.8 Å². The van der Waals surface area contributed by atoms with E-state index in [1.54, 1.807) is 29.2 Å². The smallest absolute Gasteiger partial charge is 0.253 e. The number of carbonyl (C=O) groups is 1. The van der Waals surface area contributed by atoms with Crippen molar-refractivity contribution in [3.05, 3.63) is 64.1 Å². The SMILES string of the molecule is CN(CCc1ccc(Br)cc1)C(=O)c1cccc(N)c1. The second-order valence-corrected chi connectivity index (χ2v) is 5.64. The van der Waals surface area contributed by atoms with Crippen molar-refractivity contribution in [1.82, 2.24) is 4.90 Å². The summed E-state index contributed by atoms with van der Waals surface area (Å²) in [5.74, 6) is -0.00517. The maximum absolute atomic E-state index is 12.2. The molecule has 4 heteroatoms. The van der Waals surface area contributed by atoms with E-state index in [0.717, 1.165) is 10.9 Å². The van der Waals surface area contributed by atoms with Crippen molar-refractivity contribution in [3.63, 3.8) is 0 Å². The van der Waals surface area contributed by atoms with Crippen molar-refractivity contribution in [2.75, 3.05) is 19.3 Å². The van der Waals surface area contributed by atoms with Gasteiger partial charge in [0, 0.05) is 29.3 Å². The Morgan fingerprint density at radius 2 is 1.90 bits per heavy atom. The number of anilines is 1. The fraction of sp³-hybridized carbons (Fsp3) is 0.188. The highest BCUT2D eigenvalue weighted by molar-refractivity contribution is 9.10. The van der Waals surface area contributed by atoms with Crippen LogP contribution in [0, 0.1) is 0 Å². The van der Waals surface area contributed by atoms with Gasteiger partial charge in [0.05, 0.1) is 0 Å². The first kappa shape index (κ1) is 14.6. The number of carbonyl (C=O) groups excluding carboxylic acids is 1. The minimum absolute atomic E-state index is 0.00517. The normalized spacial score (nSPS) is 10.3. The van der Waals surface area contributed by atoms with Crippen LogP contribution >= 0.6 is 15.9 Å². The first-order valence-corrected chi connectivity index (χ1v) is 7.21. The molecule has 0 spiro atoms. The average molecular weight is 333 g/mol. The number of nitrogens with two attached hydrogens (primary N) is 1. The van der Waals surface area contributed by atoms with Gasteiger partial charge >= 0.3 is 0 Å². The van der Waals surface area contributed by atoms with Crippen molar-refractivity contribution in [1.29, 1.82) is 0 Å². The fourth-order valence-corrected chi connectivity index (χ4v) is 2.21. The van der Waals surface area contributed by atoms with E-state index >= 15 is 0 Å². The van der Waals surface area contributed by atoms with Gasteiger partial charge in [0.2, 0.25) is 0 Å². The summed E-state index contributed by atoms with van der Waals surface area (Å²) in [5.41, 5.74) is 8.15. The van der Waals surface area contributed by atoms with E-state index in [2.05, 4.69) is 28.1 Å². The highest BCUT2D eigenvalue weighted by Crippen LogP contribution is 2.12. The summed E-state index contributed by atoms with van der Waals surface area (Å²) in [6, 6.07) is 15.2. The number of benzene rings is 2. The number of amides is 1. The van der Waals surface area contributed by atoms with E-state index in [4.69, 9.17) is 5.73 Å². The summed E-state index contributed by atoms with van der Waals surface area (Å²) in [4.78, 5) is 14.0. The van der Waals surface area contributed by atoms with Crippen molar-refractivity contribution in [2.24, 2.45) is 0 Å². The molecule has 0 aliphatic carbocycles. The lowest BCUT2D eigenvalue weighted by Gasteiger charge is -2.17. The molecule has 0 aliphatic heterocycles. The molecule has 0 radical (unpaired) electrons. The van der Waals surface area contributed by atoms with Crippen LogP contribution in [0.3, 0.4) is 0 Å². The summed E-state index contributed by atoms with van der Waals surface area (Å²) in [7, 11) is 1.81. The van der Waals surface area contributed by atoms with Crippen molar-refractivity contribution < 1.29 is 4.79 Å². The molecule has 20 heavy (non-hydrogen) atoms. The van der Waals surface area contributed by atoms with Gasteiger partial charge in [0.1, 0.15) is 0 Å². The summed E-state index contributed by atoms with van der Waals surface area (Å²) >= 11 is 3.41. The molecule has 1 amide bonds. The zero-order valence-electron chi connectivity index (χ0n) is 11.3. The molecule has 0 fully saturated rings. The zero-order valence-corrected chi connectivity index (χ0v) is 12.9. The van der Waals surface area contributed by atoms with Crippen molar-refractivity contribution in [3.8, 4) is 0 Å². The molecule has 0 atom stereocenters. The Kier molecular flexibility index (Phi) is 4.79. The minimum atomic E-state index is -0.00517. The number of hydrogen-bond acceptors (Lipinski definition) is 2. The Morgan fingerprint density at radius 3 is 2.55 bits per heavy atom. The van der Waals surface area contributed by atoms with Gasteiger partial charge in [-0.2, -0.15) is 0 Å². The Labute approximate surface area is 127 Å². The van der Waals surface area contributed by atoms with Gasteiger partial charge in [-0.1, -0.05) is 34.1 Å². The summed E-state index contributed by atoms with van der Waals surface area (Å²) < 4.78 is 1.06. The Morgan fingerprint density at radius 1 is 1.20 bits per heavy atom. The highest BCUT2D eigenvalue weighted by Gasteiger charge is 2.11. The van der Waals surface area contributed by atoms with Crippen LogP contribution in [-0.4, -0.2) is 24.4 Å². The van der Waals surface area contributed by atoms with Crippen molar-refractivity contribution in [2.45, 2.75) is 6.42 Å². The van der Waals surface area contributed by atoms with E-state index < -0.39 is 0 Å². The Balaban J connectivity index is 1.96. The third kappa shape index (κ3) is 3.84. The monoisotopic (exact) mass is 332 g/mol. The topological polar surface area (TPSA) is 46.3 Å². The molecule has 0 aromatic heterocycles. The van der Waals surface area contributed by atoms with E-state index in [1.807, 2.05) is 19.2 Å². The lowest BCUT2D eigenvalue weighted by molar-refractivity contribution is 0.0796. The molecule has 2 rings (SSSR count). The second kappa shape index (κ2) is 6.57. The first-order chi connectivity index (χ1) is 9.56. The summed E-state index contributed by atoms with van der Waals surface area (Å²) in [6.07, 6.45) is 0.831. The summed E-state index contributed by atoms with van der Waals surface area (Å²) in [5, 5.41) is 0. The molecule has 0 bridgehead atoms. The molecule has 104 valence electrons. The summed E-state index contributed by atoms with van der Waals surface area (Å²) in [6.45, 7) is 0.676. The number of likely N-dealkylation sites (N-methyl/N-ethyl adjacent to an activating group) is 1. The van der Waals surface area contributed by atoms with Crippen molar-refractivity contribution >= 4 is 27.5 Å². The zero-order chi connectivity index (χ0) is 14.5. The van der Waals surface area contributed by atoms with Gasteiger partial charge < -0.3 is 10.6 Å². The van der Waals surface area contributed by atoms with Crippen LogP contribution in [0.2, 0.25) is 0 Å². The van der Waals surface area contributed by atoms with E-state index in [9.17, 15) is 4.79 Å². The molecular formula is C16H17BrN2O. The van der Waals surface area contributed by atoms with Gasteiger partial charge in [-0.05, 0) is 42.3 Å². The largest absolute Gasteiger partial charge is 0.399 e. The molecule has 2 aromatic carbocycles. The molecule has 0 aliphatic rings. The number of nitrogens with zero attached hydrogens (tertiary/aromatic N) is 1.